The molecule has 156 valence electrons. The molecule has 0 saturated carbocycles. The molecular formula is C24H27N3O3. The summed E-state index contributed by atoms with van der Waals surface area (Å²) in [7, 11) is 0. The van der Waals surface area contributed by atoms with Gasteiger partial charge >= 0.3 is 0 Å². The Morgan fingerprint density at radius 2 is 1.80 bits per heavy atom. The van der Waals surface area contributed by atoms with Crippen LogP contribution in [0.4, 0.5) is 11.4 Å². The van der Waals surface area contributed by atoms with Gasteiger partial charge in [0, 0.05) is 30.9 Å². The quantitative estimate of drug-likeness (QED) is 0.750. The van der Waals surface area contributed by atoms with Gasteiger partial charge in [-0.05, 0) is 49.9 Å². The van der Waals surface area contributed by atoms with E-state index in [4.69, 9.17) is 0 Å². The first-order chi connectivity index (χ1) is 14.5. The molecule has 0 aromatic heterocycles. The molecule has 2 saturated heterocycles. The summed E-state index contributed by atoms with van der Waals surface area (Å²) in [6.45, 7) is 3.68. The van der Waals surface area contributed by atoms with Gasteiger partial charge in [-0.1, -0.05) is 36.4 Å². The smallest absolute Gasteiger partial charge is 0.244 e. The Morgan fingerprint density at radius 1 is 1.07 bits per heavy atom. The van der Waals surface area contributed by atoms with Gasteiger partial charge in [0.2, 0.25) is 11.8 Å². The van der Waals surface area contributed by atoms with Gasteiger partial charge in [0.05, 0.1) is 0 Å². The highest BCUT2D eigenvalue weighted by Crippen LogP contribution is 2.28. The fourth-order valence-electron chi connectivity index (χ4n) is 4.36. The number of amides is 2. The highest BCUT2D eigenvalue weighted by molar-refractivity contribution is 6.27. The fourth-order valence-corrected chi connectivity index (χ4v) is 4.36. The first-order valence-electron chi connectivity index (χ1n) is 10.5. The second-order valence-corrected chi connectivity index (χ2v) is 8.37. The lowest BCUT2D eigenvalue weighted by Gasteiger charge is -2.29. The lowest BCUT2D eigenvalue weighted by atomic mass is 9.86. The van der Waals surface area contributed by atoms with Crippen LogP contribution in [0.3, 0.4) is 0 Å². The molecule has 2 heterocycles. The molecular weight excluding hydrogens is 378 g/mol. The molecule has 6 nitrogen and oxygen atoms in total. The zero-order valence-electron chi connectivity index (χ0n) is 17.2. The van der Waals surface area contributed by atoms with Gasteiger partial charge in [-0.2, -0.15) is 0 Å². The summed E-state index contributed by atoms with van der Waals surface area (Å²) in [5.41, 5.74) is 1.49. The van der Waals surface area contributed by atoms with Gasteiger partial charge in [0.1, 0.15) is 5.54 Å². The Labute approximate surface area is 176 Å². The average molecular weight is 405 g/mol. The van der Waals surface area contributed by atoms with Crippen LogP contribution in [0.25, 0.3) is 0 Å². The second-order valence-electron chi connectivity index (χ2n) is 8.37. The molecule has 2 atom stereocenters. The van der Waals surface area contributed by atoms with E-state index >= 15 is 0 Å². The number of Topliss-reactive ketones (excluding diaryl/α,β-unsaturated/α-hetero) is 1. The molecule has 0 bridgehead atoms. The van der Waals surface area contributed by atoms with Crippen LogP contribution in [0, 0.1) is 5.92 Å². The lowest BCUT2D eigenvalue weighted by Crippen LogP contribution is -2.45. The van der Waals surface area contributed by atoms with Gasteiger partial charge < -0.3 is 15.5 Å². The van der Waals surface area contributed by atoms with Crippen molar-refractivity contribution in [2.75, 3.05) is 23.3 Å². The van der Waals surface area contributed by atoms with Crippen LogP contribution in [-0.2, 0) is 20.8 Å². The Bertz CT molecular complexity index is 953. The number of nitrogens with zero attached hydrogens (tertiary/aromatic N) is 1. The summed E-state index contributed by atoms with van der Waals surface area (Å²) in [5.74, 6) is -2.84. The molecule has 2 aliphatic heterocycles. The van der Waals surface area contributed by atoms with Crippen LogP contribution in [0.5, 0.6) is 0 Å². The van der Waals surface area contributed by atoms with E-state index in [9.17, 15) is 14.4 Å². The number of anilines is 2. The molecule has 30 heavy (non-hydrogen) atoms. The van der Waals surface area contributed by atoms with E-state index in [1.54, 1.807) is 13.0 Å². The van der Waals surface area contributed by atoms with Crippen LogP contribution < -0.4 is 15.5 Å². The van der Waals surface area contributed by atoms with Crippen molar-refractivity contribution in [3.63, 3.8) is 0 Å². The molecule has 6 heteroatoms. The Morgan fingerprint density at radius 3 is 2.53 bits per heavy atom. The predicted octanol–water partition coefficient (Wildman–Crippen LogP) is 2.93. The van der Waals surface area contributed by atoms with Gasteiger partial charge in [0.15, 0.2) is 11.7 Å². The normalized spacial score (nSPS) is 23.9. The molecule has 4 rings (SSSR count). The summed E-state index contributed by atoms with van der Waals surface area (Å²) in [4.78, 5) is 40.7. The predicted molar refractivity (Wildman–Crippen MR) is 116 cm³/mol. The molecule has 0 radical (unpaired) electrons. The number of hydrogen-bond donors (Lipinski definition) is 2. The van der Waals surface area contributed by atoms with E-state index in [0.717, 1.165) is 37.2 Å². The topological polar surface area (TPSA) is 78.5 Å². The third kappa shape index (κ3) is 4.08. The molecule has 0 aliphatic carbocycles. The van der Waals surface area contributed by atoms with Crippen molar-refractivity contribution in [3.05, 3.63) is 60.2 Å². The third-order valence-electron chi connectivity index (χ3n) is 5.96. The zero-order chi connectivity index (χ0) is 21.1. The van der Waals surface area contributed by atoms with Gasteiger partial charge in [-0.25, -0.2) is 0 Å². The van der Waals surface area contributed by atoms with E-state index in [-0.39, 0.29) is 5.78 Å². The van der Waals surface area contributed by atoms with E-state index in [0.29, 0.717) is 12.1 Å². The van der Waals surface area contributed by atoms with Crippen LogP contribution in [0.15, 0.2) is 54.6 Å². The largest absolute Gasteiger partial charge is 0.371 e. The summed E-state index contributed by atoms with van der Waals surface area (Å²) in [5, 5.41) is 5.53. The monoisotopic (exact) mass is 405 g/mol. The van der Waals surface area contributed by atoms with Crippen molar-refractivity contribution in [3.8, 4) is 0 Å². The second kappa shape index (κ2) is 8.30. The summed E-state index contributed by atoms with van der Waals surface area (Å²) in [6.07, 6.45) is 3.92. The van der Waals surface area contributed by atoms with E-state index < -0.39 is 23.3 Å². The first kappa shape index (κ1) is 20.1. The van der Waals surface area contributed by atoms with Crippen LogP contribution in [-0.4, -0.2) is 36.2 Å². The molecule has 2 aromatic carbocycles. The highest BCUT2D eigenvalue weighted by atomic mass is 16.2. The number of carbonyl (C=O) groups excluding carboxylic acids is 3. The van der Waals surface area contributed by atoms with Crippen molar-refractivity contribution in [1.82, 2.24) is 5.32 Å². The minimum Gasteiger partial charge on any atom is -0.371 e. The van der Waals surface area contributed by atoms with E-state index in [1.165, 1.54) is 6.42 Å². The minimum absolute atomic E-state index is 0.354. The number of ketones is 1. The first-order valence-corrected chi connectivity index (χ1v) is 10.5. The maximum Gasteiger partial charge on any atom is 0.244 e. The third-order valence-corrected chi connectivity index (χ3v) is 5.96. The summed E-state index contributed by atoms with van der Waals surface area (Å²) >= 11 is 0. The minimum atomic E-state index is -1.34. The van der Waals surface area contributed by atoms with Gasteiger partial charge in [0.25, 0.3) is 0 Å². The standard InChI is InChI=1S/C24H27N3O3/c1-24(16-17-9-4-2-5-10-17)21(28)20(23(30)26-24)22(29)25-18-11-8-12-19(15-18)27-13-6-3-7-14-27/h2,4-5,8-12,15,20H,3,6-7,13-14,16H2,1H3,(H,25,29)(H,26,30). The van der Waals surface area contributed by atoms with Crippen LogP contribution in [0.1, 0.15) is 31.7 Å². The number of carbonyl (C=O) groups is 3. The van der Waals surface area contributed by atoms with Gasteiger partial charge in [-0.15, -0.1) is 0 Å². The highest BCUT2D eigenvalue weighted by Gasteiger charge is 2.52. The van der Waals surface area contributed by atoms with E-state index in [2.05, 4.69) is 15.5 Å². The van der Waals surface area contributed by atoms with Crippen molar-refractivity contribution >= 4 is 29.0 Å². The zero-order valence-corrected chi connectivity index (χ0v) is 17.2. The summed E-state index contributed by atoms with van der Waals surface area (Å²) in [6, 6.07) is 17.1. The molecule has 2 N–H and O–H groups in total. The molecule has 2 fully saturated rings. The van der Waals surface area contributed by atoms with Crippen LogP contribution >= 0.6 is 0 Å². The molecule has 2 unspecified atom stereocenters. The Hall–Kier alpha value is -3.15. The summed E-state index contributed by atoms with van der Waals surface area (Å²) < 4.78 is 0. The van der Waals surface area contributed by atoms with Crippen LogP contribution in [0.2, 0.25) is 0 Å². The number of nitrogens with one attached hydrogen (secondary N) is 2. The van der Waals surface area contributed by atoms with Crippen molar-refractivity contribution in [2.24, 2.45) is 5.92 Å². The molecule has 0 spiro atoms. The lowest BCUT2D eigenvalue weighted by molar-refractivity contribution is -0.135. The van der Waals surface area contributed by atoms with Crippen molar-refractivity contribution < 1.29 is 14.4 Å². The molecule has 2 aromatic rings. The number of hydrogen-bond acceptors (Lipinski definition) is 4. The fraction of sp³-hybridized carbons (Fsp3) is 0.375. The molecule has 2 amide bonds. The number of piperidine rings is 1. The van der Waals surface area contributed by atoms with Gasteiger partial charge in [-0.3, -0.25) is 14.4 Å². The Kier molecular flexibility index (Phi) is 5.57. The maximum atomic E-state index is 13.0. The van der Waals surface area contributed by atoms with Crippen molar-refractivity contribution in [1.29, 1.82) is 0 Å². The maximum absolute atomic E-state index is 13.0. The SMILES string of the molecule is CC1(Cc2ccccc2)NC(=O)C(C(=O)Nc2cccc(N3CCCCC3)c2)C1=O. The van der Waals surface area contributed by atoms with E-state index in [1.807, 2.05) is 48.5 Å². The van der Waals surface area contributed by atoms with Crippen molar-refractivity contribution in [2.45, 2.75) is 38.1 Å². The number of benzene rings is 2. The Balaban J connectivity index is 1.47. The average Bonchev–Trinajstić information content (AvgIpc) is 2.97. The number of rotatable bonds is 5. The molecule has 2 aliphatic rings.